The highest BCUT2D eigenvalue weighted by atomic mass is 16.2. The number of terminal acetylenes is 1. The molecule has 14 heavy (non-hydrogen) atoms. The zero-order valence-electron chi connectivity index (χ0n) is 8.08. The standard InChI is InChI=1S/C10H14N2O2/c1-2-3-4-6-12-7-5-9(13)11-8-10(12)14/h1H,3-8H2,(H,11,13). The average molecular weight is 194 g/mol. The number of rotatable bonds is 3. The summed E-state index contributed by atoms with van der Waals surface area (Å²) in [6.45, 7) is 1.28. The van der Waals surface area contributed by atoms with Crippen LogP contribution in [0, 0.1) is 12.3 Å². The number of amides is 2. The highest BCUT2D eigenvalue weighted by Gasteiger charge is 2.18. The molecule has 4 nitrogen and oxygen atoms in total. The second kappa shape index (κ2) is 5.28. The average Bonchev–Trinajstić information content (AvgIpc) is 2.33. The molecule has 1 N–H and O–H groups in total. The van der Waals surface area contributed by atoms with Crippen LogP contribution >= 0.6 is 0 Å². The first-order valence-electron chi connectivity index (χ1n) is 4.72. The molecule has 0 atom stereocenters. The van der Waals surface area contributed by atoms with Crippen LogP contribution in [0.5, 0.6) is 0 Å². The number of nitrogens with one attached hydrogen (secondary N) is 1. The number of carbonyl (C=O) groups is 2. The molecule has 0 aliphatic carbocycles. The Balaban J connectivity index is 2.38. The first-order chi connectivity index (χ1) is 6.74. The molecule has 1 rings (SSSR count). The minimum Gasteiger partial charge on any atom is -0.347 e. The molecule has 0 bridgehead atoms. The van der Waals surface area contributed by atoms with Crippen molar-refractivity contribution in [2.24, 2.45) is 0 Å². The van der Waals surface area contributed by atoms with Gasteiger partial charge in [0.1, 0.15) is 0 Å². The second-order valence-electron chi connectivity index (χ2n) is 3.22. The smallest absolute Gasteiger partial charge is 0.241 e. The topological polar surface area (TPSA) is 49.4 Å². The number of hydrogen-bond donors (Lipinski definition) is 1. The Hall–Kier alpha value is -1.50. The quantitative estimate of drug-likeness (QED) is 0.497. The summed E-state index contributed by atoms with van der Waals surface area (Å²) in [7, 11) is 0. The van der Waals surface area contributed by atoms with Gasteiger partial charge in [-0.3, -0.25) is 9.59 Å². The number of carbonyl (C=O) groups excluding carboxylic acids is 2. The van der Waals surface area contributed by atoms with E-state index >= 15 is 0 Å². The first-order valence-corrected chi connectivity index (χ1v) is 4.72. The molecule has 1 saturated heterocycles. The molecule has 76 valence electrons. The number of nitrogens with zero attached hydrogens (tertiary/aromatic N) is 1. The van der Waals surface area contributed by atoms with Crippen molar-refractivity contribution in [3.63, 3.8) is 0 Å². The van der Waals surface area contributed by atoms with E-state index in [1.807, 2.05) is 0 Å². The van der Waals surface area contributed by atoms with Crippen molar-refractivity contribution in [3.8, 4) is 12.3 Å². The molecule has 0 spiro atoms. The Labute approximate surface area is 83.6 Å². The van der Waals surface area contributed by atoms with Gasteiger partial charge in [0, 0.05) is 25.9 Å². The lowest BCUT2D eigenvalue weighted by Gasteiger charge is -2.18. The lowest BCUT2D eigenvalue weighted by atomic mass is 10.3. The van der Waals surface area contributed by atoms with Crippen LogP contribution in [0.25, 0.3) is 0 Å². The van der Waals surface area contributed by atoms with Gasteiger partial charge in [0.2, 0.25) is 11.8 Å². The van der Waals surface area contributed by atoms with Gasteiger partial charge in [-0.1, -0.05) is 0 Å². The third-order valence-electron chi connectivity index (χ3n) is 2.15. The summed E-state index contributed by atoms with van der Waals surface area (Å²) in [6, 6.07) is 0. The van der Waals surface area contributed by atoms with E-state index in [0.29, 0.717) is 25.9 Å². The highest BCUT2D eigenvalue weighted by Crippen LogP contribution is 2.00. The van der Waals surface area contributed by atoms with Gasteiger partial charge in [0.25, 0.3) is 0 Å². The summed E-state index contributed by atoms with van der Waals surface area (Å²) < 4.78 is 0. The predicted octanol–water partition coefficient (Wildman–Crippen LogP) is -0.252. The maximum atomic E-state index is 11.4. The van der Waals surface area contributed by atoms with Crippen molar-refractivity contribution in [3.05, 3.63) is 0 Å². The Morgan fingerprint density at radius 2 is 2.29 bits per heavy atom. The van der Waals surface area contributed by atoms with Gasteiger partial charge >= 0.3 is 0 Å². The largest absolute Gasteiger partial charge is 0.347 e. The second-order valence-corrected chi connectivity index (χ2v) is 3.22. The minimum absolute atomic E-state index is 0.0205. The fraction of sp³-hybridized carbons (Fsp3) is 0.600. The van der Waals surface area contributed by atoms with Crippen LogP contribution in [-0.4, -0.2) is 36.3 Å². The molecule has 1 aliphatic heterocycles. The molecule has 2 amide bonds. The highest BCUT2D eigenvalue weighted by molar-refractivity contribution is 5.87. The van der Waals surface area contributed by atoms with Crippen molar-refractivity contribution in [2.45, 2.75) is 19.3 Å². The first kappa shape index (κ1) is 10.6. The van der Waals surface area contributed by atoms with Crippen molar-refractivity contribution in [2.75, 3.05) is 19.6 Å². The molecule has 0 unspecified atom stereocenters. The SMILES string of the molecule is C#CCCCN1CCC(=O)NCC1=O. The number of hydrogen-bond acceptors (Lipinski definition) is 2. The molecule has 0 aromatic heterocycles. The van der Waals surface area contributed by atoms with Gasteiger partial charge in [-0.15, -0.1) is 12.3 Å². The summed E-state index contributed by atoms with van der Waals surface area (Å²) in [6.07, 6.45) is 6.98. The predicted molar refractivity (Wildman–Crippen MR) is 52.3 cm³/mol. The van der Waals surface area contributed by atoms with Crippen LogP contribution in [0.3, 0.4) is 0 Å². The van der Waals surface area contributed by atoms with Crippen molar-refractivity contribution in [1.29, 1.82) is 0 Å². The normalized spacial score (nSPS) is 17.2. The molecular formula is C10H14N2O2. The van der Waals surface area contributed by atoms with Crippen LogP contribution in [0.15, 0.2) is 0 Å². The maximum absolute atomic E-state index is 11.4. The van der Waals surface area contributed by atoms with Gasteiger partial charge in [0.05, 0.1) is 6.54 Å². The van der Waals surface area contributed by atoms with Crippen LogP contribution in [0.1, 0.15) is 19.3 Å². The van der Waals surface area contributed by atoms with E-state index in [2.05, 4.69) is 11.2 Å². The van der Waals surface area contributed by atoms with Gasteiger partial charge < -0.3 is 10.2 Å². The molecule has 4 heteroatoms. The fourth-order valence-electron chi connectivity index (χ4n) is 1.34. The molecule has 1 aliphatic rings. The summed E-state index contributed by atoms with van der Waals surface area (Å²) in [5.74, 6) is 2.45. The Morgan fingerprint density at radius 3 is 3.00 bits per heavy atom. The van der Waals surface area contributed by atoms with Gasteiger partial charge in [-0.2, -0.15) is 0 Å². The molecule has 1 heterocycles. The maximum Gasteiger partial charge on any atom is 0.241 e. The monoisotopic (exact) mass is 194 g/mol. The molecule has 0 aromatic carbocycles. The van der Waals surface area contributed by atoms with Crippen LogP contribution in [0.4, 0.5) is 0 Å². The van der Waals surface area contributed by atoms with Gasteiger partial charge in [-0.25, -0.2) is 0 Å². The van der Waals surface area contributed by atoms with Crippen molar-refractivity contribution in [1.82, 2.24) is 10.2 Å². The van der Waals surface area contributed by atoms with E-state index in [-0.39, 0.29) is 18.4 Å². The van der Waals surface area contributed by atoms with Gasteiger partial charge in [0.15, 0.2) is 0 Å². The lowest BCUT2D eigenvalue weighted by molar-refractivity contribution is -0.130. The molecular weight excluding hydrogens is 180 g/mol. The lowest BCUT2D eigenvalue weighted by Crippen LogP contribution is -2.35. The summed E-state index contributed by atoms with van der Waals surface area (Å²) >= 11 is 0. The molecule has 0 saturated carbocycles. The zero-order chi connectivity index (χ0) is 10.4. The third kappa shape index (κ3) is 3.09. The van der Waals surface area contributed by atoms with E-state index in [1.165, 1.54) is 0 Å². The van der Waals surface area contributed by atoms with Crippen molar-refractivity contribution >= 4 is 11.8 Å². The molecule has 0 aromatic rings. The fourth-order valence-corrected chi connectivity index (χ4v) is 1.34. The third-order valence-corrected chi connectivity index (χ3v) is 2.15. The van der Waals surface area contributed by atoms with E-state index in [0.717, 1.165) is 6.42 Å². The van der Waals surface area contributed by atoms with Crippen LogP contribution in [0.2, 0.25) is 0 Å². The van der Waals surface area contributed by atoms with E-state index in [4.69, 9.17) is 6.42 Å². The molecule has 0 radical (unpaired) electrons. The summed E-state index contributed by atoms with van der Waals surface area (Å²) in [5.41, 5.74) is 0. The zero-order valence-corrected chi connectivity index (χ0v) is 8.08. The minimum atomic E-state index is -0.0576. The van der Waals surface area contributed by atoms with E-state index in [9.17, 15) is 9.59 Å². The van der Waals surface area contributed by atoms with E-state index < -0.39 is 0 Å². The Morgan fingerprint density at radius 1 is 1.50 bits per heavy atom. The number of unbranched alkanes of at least 4 members (excludes halogenated alkanes) is 1. The Kier molecular flexibility index (Phi) is 3.99. The van der Waals surface area contributed by atoms with E-state index in [1.54, 1.807) is 4.90 Å². The van der Waals surface area contributed by atoms with Crippen LogP contribution < -0.4 is 5.32 Å². The van der Waals surface area contributed by atoms with Gasteiger partial charge in [-0.05, 0) is 6.42 Å². The molecule has 1 fully saturated rings. The van der Waals surface area contributed by atoms with Crippen LogP contribution in [-0.2, 0) is 9.59 Å². The summed E-state index contributed by atoms with van der Waals surface area (Å²) in [5, 5.41) is 2.54. The van der Waals surface area contributed by atoms with Crippen molar-refractivity contribution < 1.29 is 9.59 Å². The Bertz CT molecular complexity index is 268. The summed E-state index contributed by atoms with van der Waals surface area (Å²) in [4.78, 5) is 24.1.